The number of aliphatic hydroxyl groups excluding tert-OH is 1. The van der Waals surface area contributed by atoms with E-state index in [1.54, 1.807) is 6.07 Å². The van der Waals surface area contributed by atoms with Crippen molar-refractivity contribution in [3.8, 4) is 0 Å². The molecule has 1 heterocycles. The van der Waals surface area contributed by atoms with Gasteiger partial charge in [0.05, 0.1) is 6.10 Å². The van der Waals surface area contributed by atoms with Crippen LogP contribution in [0, 0.1) is 11.6 Å². The number of amides is 2. The highest BCUT2D eigenvalue weighted by Gasteiger charge is 2.09. The lowest BCUT2D eigenvalue weighted by molar-refractivity contribution is 0.173. The second-order valence-corrected chi connectivity index (χ2v) is 5.52. The zero-order chi connectivity index (χ0) is 15.9. The Labute approximate surface area is 130 Å². The quantitative estimate of drug-likeness (QED) is 0.764. The molecule has 118 valence electrons. The summed E-state index contributed by atoms with van der Waals surface area (Å²) in [5.74, 6) is -1.28. The van der Waals surface area contributed by atoms with Crippen molar-refractivity contribution >= 4 is 17.4 Å². The maximum absolute atomic E-state index is 13.0. The summed E-state index contributed by atoms with van der Waals surface area (Å²) in [6, 6.07) is 4.60. The normalized spacial score (nSPS) is 12.0. The number of rotatable bonds is 6. The van der Waals surface area contributed by atoms with Crippen molar-refractivity contribution in [2.75, 3.05) is 13.1 Å². The number of nitrogens with one attached hydrogen (secondary N) is 2. The molecule has 0 radical (unpaired) electrons. The van der Waals surface area contributed by atoms with E-state index in [9.17, 15) is 18.7 Å². The molecule has 0 saturated carbocycles. The zero-order valence-corrected chi connectivity index (χ0v) is 12.5. The number of halogens is 2. The number of hydrogen-bond donors (Lipinski definition) is 3. The molecule has 1 unspecified atom stereocenters. The number of benzene rings is 1. The minimum Gasteiger partial charge on any atom is -0.387 e. The number of aliphatic hydroxyl groups is 1. The van der Waals surface area contributed by atoms with Gasteiger partial charge in [-0.1, -0.05) is 0 Å². The zero-order valence-electron chi connectivity index (χ0n) is 11.7. The van der Waals surface area contributed by atoms with Gasteiger partial charge in [0.2, 0.25) is 0 Å². The SMILES string of the molecule is O=C(NCCc1cc(F)cc(F)c1)NCC(O)c1ccsc1. The fourth-order valence-electron chi connectivity index (χ4n) is 1.91. The maximum atomic E-state index is 13.0. The summed E-state index contributed by atoms with van der Waals surface area (Å²) in [6.07, 6.45) is -0.441. The van der Waals surface area contributed by atoms with Crippen LogP contribution in [-0.2, 0) is 6.42 Å². The van der Waals surface area contributed by atoms with Crippen LogP contribution in [0.3, 0.4) is 0 Å². The molecule has 0 saturated heterocycles. The second kappa shape index (κ2) is 7.86. The van der Waals surface area contributed by atoms with E-state index in [0.29, 0.717) is 12.0 Å². The standard InChI is InChI=1S/C15H16F2N2O2S/c16-12-5-10(6-13(17)7-12)1-3-18-15(21)19-8-14(20)11-2-4-22-9-11/h2,4-7,9,14,20H,1,3,8H2,(H2,18,19,21). The van der Waals surface area contributed by atoms with Gasteiger partial charge in [-0.15, -0.1) is 0 Å². The second-order valence-electron chi connectivity index (χ2n) is 4.74. The molecule has 1 atom stereocenters. The van der Waals surface area contributed by atoms with Crippen molar-refractivity contribution in [1.29, 1.82) is 0 Å². The Kier molecular flexibility index (Phi) is 5.85. The summed E-state index contributed by atoms with van der Waals surface area (Å²) in [7, 11) is 0. The molecule has 0 bridgehead atoms. The summed E-state index contributed by atoms with van der Waals surface area (Å²) in [6.45, 7) is 0.334. The molecule has 0 aliphatic rings. The minimum absolute atomic E-state index is 0.0944. The van der Waals surface area contributed by atoms with Gasteiger partial charge in [-0.05, 0) is 46.5 Å². The predicted molar refractivity (Wildman–Crippen MR) is 80.7 cm³/mol. The fourth-order valence-corrected chi connectivity index (χ4v) is 2.62. The highest BCUT2D eigenvalue weighted by molar-refractivity contribution is 7.07. The largest absolute Gasteiger partial charge is 0.387 e. The van der Waals surface area contributed by atoms with E-state index in [1.165, 1.54) is 23.5 Å². The third-order valence-electron chi connectivity index (χ3n) is 3.01. The van der Waals surface area contributed by atoms with Crippen LogP contribution in [-0.4, -0.2) is 24.2 Å². The van der Waals surface area contributed by atoms with Crippen LogP contribution in [0.5, 0.6) is 0 Å². The van der Waals surface area contributed by atoms with Crippen molar-refractivity contribution in [2.45, 2.75) is 12.5 Å². The van der Waals surface area contributed by atoms with Crippen molar-refractivity contribution in [3.05, 3.63) is 57.8 Å². The summed E-state index contributed by atoms with van der Waals surface area (Å²) >= 11 is 1.47. The lowest BCUT2D eigenvalue weighted by Gasteiger charge is -2.11. The Morgan fingerprint density at radius 2 is 1.95 bits per heavy atom. The van der Waals surface area contributed by atoms with E-state index in [1.807, 2.05) is 10.8 Å². The van der Waals surface area contributed by atoms with Crippen molar-refractivity contribution in [3.63, 3.8) is 0 Å². The molecule has 3 N–H and O–H groups in total. The average molecular weight is 326 g/mol. The predicted octanol–water partition coefficient (Wildman–Crippen LogP) is 2.60. The van der Waals surface area contributed by atoms with E-state index in [4.69, 9.17) is 0 Å². The molecule has 0 fully saturated rings. The first-order chi connectivity index (χ1) is 10.5. The Morgan fingerprint density at radius 1 is 1.23 bits per heavy atom. The van der Waals surface area contributed by atoms with Gasteiger partial charge >= 0.3 is 6.03 Å². The first-order valence-electron chi connectivity index (χ1n) is 6.71. The van der Waals surface area contributed by atoms with Crippen LogP contribution in [0.15, 0.2) is 35.0 Å². The van der Waals surface area contributed by atoms with Gasteiger partial charge < -0.3 is 15.7 Å². The van der Waals surface area contributed by atoms with E-state index in [-0.39, 0.29) is 13.1 Å². The van der Waals surface area contributed by atoms with Gasteiger partial charge in [0.25, 0.3) is 0 Å². The molecule has 4 nitrogen and oxygen atoms in total. The summed E-state index contributed by atoms with van der Waals surface area (Å²) < 4.78 is 26.0. The van der Waals surface area contributed by atoms with Crippen LogP contribution in [0.4, 0.5) is 13.6 Å². The number of carbonyl (C=O) groups is 1. The molecule has 7 heteroatoms. The molecule has 1 aromatic heterocycles. The highest BCUT2D eigenvalue weighted by Crippen LogP contribution is 2.14. The van der Waals surface area contributed by atoms with Crippen LogP contribution >= 0.6 is 11.3 Å². The van der Waals surface area contributed by atoms with E-state index < -0.39 is 23.8 Å². The molecule has 0 aliphatic heterocycles. The van der Waals surface area contributed by atoms with Gasteiger partial charge in [-0.2, -0.15) is 11.3 Å². The smallest absolute Gasteiger partial charge is 0.314 e. The molecule has 2 amide bonds. The Balaban J connectivity index is 1.69. The molecular formula is C15H16F2N2O2S. The van der Waals surface area contributed by atoms with Crippen LogP contribution in [0.2, 0.25) is 0 Å². The first-order valence-corrected chi connectivity index (χ1v) is 7.65. The lowest BCUT2D eigenvalue weighted by atomic mass is 10.1. The van der Waals surface area contributed by atoms with Crippen LogP contribution in [0.25, 0.3) is 0 Å². The lowest BCUT2D eigenvalue weighted by Crippen LogP contribution is -2.38. The first kappa shape index (κ1) is 16.4. The molecule has 2 aromatic rings. The minimum atomic E-state index is -0.755. The Hall–Kier alpha value is -1.99. The molecule has 22 heavy (non-hydrogen) atoms. The third kappa shape index (κ3) is 5.09. The van der Waals surface area contributed by atoms with Crippen LogP contribution in [0.1, 0.15) is 17.2 Å². The number of hydrogen-bond acceptors (Lipinski definition) is 3. The number of thiophene rings is 1. The van der Waals surface area contributed by atoms with Crippen molar-refractivity contribution < 1.29 is 18.7 Å². The van der Waals surface area contributed by atoms with E-state index in [2.05, 4.69) is 10.6 Å². The van der Waals surface area contributed by atoms with Gasteiger partial charge in [-0.25, -0.2) is 13.6 Å². The fraction of sp³-hybridized carbons (Fsp3) is 0.267. The van der Waals surface area contributed by atoms with E-state index >= 15 is 0 Å². The monoisotopic (exact) mass is 326 g/mol. The topological polar surface area (TPSA) is 61.4 Å². The molecule has 0 spiro atoms. The summed E-state index contributed by atoms with van der Waals surface area (Å²) in [4.78, 5) is 11.6. The van der Waals surface area contributed by atoms with Gasteiger partial charge in [-0.3, -0.25) is 0 Å². The third-order valence-corrected chi connectivity index (χ3v) is 3.71. The molecule has 0 aliphatic carbocycles. The Morgan fingerprint density at radius 3 is 2.59 bits per heavy atom. The molecular weight excluding hydrogens is 310 g/mol. The van der Waals surface area contributed by atoms with Crippen molar-refractivity contribution in [2.24, 2.45) is 0 Å². The van der Waals surface area contributed by atoms with Crippen molar-refractivity contribution in [1.82, 2.24) is 10.6 Å². The maximum Gasteiger partial charge on any atom is 0.314 e. The van der Waals surface area contributed by atoms with Crippen LogP contribution < -0.4 is 10.6 Å². The number of carbonyl (C=O) groups excluding carboxylic acids is 1. The van der Waals surface area contributed by atoms with Gasteiger partial charge in [0.1, 0.15) is 11.6 Å². The van der Waals surface area contributed by atoms with E-state index in [0.717, 1.165) is 11.6 Å². The highest BCUT2D eigenvalue weighted by atomic mass is 32.1. The Bertz CT molecular complexity index is 600. The van der Waals surface area contributed by atoms with Gasteiger partial charge in [0.15, 0.2) is 0 Å². The summed E-state index contributed by atoms with van der Waals surface area (Å²) in [5.41, 5.74) is 1.22. The molecule has 1 aromatic carbocycles. The molecule has 2 rings (SSSR count). The number of urea groups is 1. The average Bonchev–Trinajstić information content (AvgIpc) is 2.98. The van der Waals surface area contributed by atoms with Gasteiger partial charge in [0, 0.05) is 19.2 Å². The summed E-state index contributed by atoms with van der Waals surface area (Å²) in [5, 5.41) is 18.6.